The molecule has 0 saturated heterocycles. The molecule has 0 saturated carbocycles. The molecule has 2 aromatic rings. The first-order chi connectivity index (χ1) is 10.1. The summed E-state index contributed by atoms with van der Waals surface area (Å²) in [7, 11) is 0. The van der Waals surface area contributed by atoms with E-state index in [4.69, 9.17) is 14.2 Å². The molecule has 0 aromatic heterocycles. The second-order valence-electron chi connectivity index (χ2n) is 4.39. The summed E-state index contributed by atoms with van der Waals surface area (Å²) in [6.45, 7) is 0.337. The van der Waals surface area contributed by atoms with Crippen LogP contribution in [-0.2, 0) is 6.61 Å². The van der Waals surface area contributed by atoms with Gasteiger partial charge in [-0.1, -0.05) is 34.1 Å². The van der Waals surface area contributed by atoms with Gasteiger partial charge in [-0.2, -0.15) is 0 Å². The van der Waals surface area contributed by atoms with E-state index in [-0.39, 0.29) is 24.7 Å². The van der Waals surface area contributed by atoms with Gasteiger partial charge in [0.2, 0.25) is 6.79 Å². The van der Waals surface area contributed by atoms with Crippen molar-refractivity contribution in [1.82, 2.24) is 0 Å². The normalized spacial score (nSPS) is 12.2. The average Bonchev–Trinajstić information content (AvgIpc) is 2.92. The largest absolute Gasteiger partial charge is 0.488 e. The smallest absolute Gasteiger partial charge is 0.339 e. The van der Waals surface area contributed by atoms with Gasteiger partial charge in [0.05, 0.1) is 0 Å². The van der Waals surface area contributed by atoms with Crippen LogP contribution in [0.25, 0.3) is 0 Å². The highest BCUT2D eigenvalue weighted by atomic mass is 79.9. The van der Waals surface area contributed by atoms with Gasteiger partial charge in [0.1, 0.15) is 17.9 Å². The minimum Gasteiger partial charge on any atom is -0.488 e. The Kier molecular flexibility index (Phi) is 3.70. The summed E-state index contributed by atoms with van der Waals surface area (Å²) in [5.74, 6) is 0.0840. The third-order valence-electron chi connectivity index (χ3n) is 3.05. The van der Waals surface area contributed by atoms with Gasteiger partial charge in [-0.15, -0.1) is 0 Å². The number of fused-ring (bicyclic) bond motifs is 1. The average molecular weight is 351 g/mol. The molecule has 0 unspecified atom stereocenters. The van der Waals surface area contributed by atoms with E-state index in [1.54, 1.807) is 6.07 Å². The molecule has 0 amide bonds. The summed E-state index contributed by atoms with van der Waals surface area (Å²) in [6.07, 6.45) is 0. The first-order valence-electron chi connectivity index (χ1n) is 6.18. The van der Waals surface area contributed by atoms with Crippen LogP contribution in [0.2, 0.25) is 0 Å². The Morgan fingerprint density at radius 1 is 1.24 bits per heavy atom. The number of carbonyl (C=O) groups is 1. The molecule has 0 atom stereocenters. The topological polar surface area (TPSA) is 65.0 Å². The Morgan fingerprint density at radius 3 is 2.67 bits per heavy atom. The van der Waals surface area contributed by atoms with Gasteiger partial charge in [0, 0.05) is 22.2 Å². The number of carboxylic acid groups (broad SMARTS) is 1. The van der Waals surface area contributed by atoms with Crippen molar-refractivity contribution in [2.45, 2.75) is 6.61 Å². The molecule has 1 heterocycles. The Labute approximate surface area is 129 Å². The summed E-state index contributed by atoms with van der Waals surface area (Å²) in [6, 6.07) is 10.6. The maximum atomic E-state index is 11.3. The molecule has 108 valence electrons. The number of benzene rings is 2. The lowest BCUT2D eigenvalue weighted by Crippen LogP contribution is -2.04. The number of ether oxygens (including phenoxy) is 3. The molecule has 5 nitrogen and oxygen atoms in total. The highest BCUT2D eigenvalue weighted by Gasteiger charge is 2.21. The molecule has 1 aliphatic heterocycles. The zero-order valence-corrected chi connectivity index (χ0v) is 12.4. The van der Waals surface area contributed by atoms with E-state index in [0.717, 1.165) is 10.0 Å². The van der Waals surface area contributed by atoms with Gasteiger partial charge in [0.15, 0.2) is 11.5 Å². The van der Waals surface area contributed by atoms with Crippen molar-refractivity contribution in [2.75, 3.05) is 6.79 Å². The molecule has 2 aromatic carbocycles. The first kappa shape index (κ1) is 13.8. The minimum absolute atomic E-state index is 0.0475. The monoisotopic (exact) mass is 350 g/mol. The van der Waals surface area contributed by atoms with Crippen molar-refractivity contribution >= 4 is 21.9 Å². The van der Waals surface area contributed by atoms with Crippen LogP contribution >= 0.6 is 15.9 Å². The summed E-state index contributed by atoms with van der Waals surface area (Å²) in [5.41, 5.74) is 0.970. The maximum Gasteiger partial charge on any atom is 0.339 e. The second kappa shape index (κ2) is 5.65. The lowest BCUT2D eigenvalue weighted by Gasteiger charge is -2.11. The van der Waals surface area contributed by atoms with Crippen molar-refractivity contribution in [1.29, 1.82) is 0 Å². The number of rotatable bonds is 4. The standard InChI is InChI=1S/C15H11BrO5/c16-11-4-2-1-3-9(11)7-19-12-6-14-13(20-8-21-14)5-10(12)15(17)18/h1-6H,7-8H2,(H,17,18). The number of hydrogen-bond acceptors (Lipinski definition) is 4. The fourth-order valence-corrected chi connectivity index (χ4v) is 2.38. The van der Waals surface area contributed by atoms with E-state index in [2.05, 4.69) is 15.9 Å². The molecule has 21 heavy (non-hydrogen) atoms. The Bertz CT molecular complexity index is 698. The van der Waals surface area contributed by atoms with Crippen LogP contribution in [0.5, 0.6) is 17.2 Å². The van der Waals surface area contributed by atoms with Crippen LogP contribution in [0.1, 0.15) is 15.9 Å². The van der Waals surface area contributed by atoms with Gasteiger partial charge in [-0.05, 0) is 6.07 Å². The Hall–Kier alpha value is -2.21. The molecule has 1 N–H and O–H groups in total. The summed E-state index contributed by atoms with van der Waals surface area (Å²) in [4.78, 5) is 11.3. The number of halogens is 1. The van der Waals surface area contributed by atoms with Crippen LogP contribution in [0.3, 0.4) is 0 Å². The summed E-state index contributed by atoms with van der Waals surface area (Å²) >= 11 is 3.43. The molecule has 1 aliphatic rings. The number of hydrogen-bond donors (Lipinski definition) is 1. The molecular weight excluding hydrogens is 340 g/mol. The molecule has 0 radical (unpaired) electrons. The lowest BCUT2D eigenvalue weighted by atomic mass is 10.1. The van der Waals surface area contributed by atoms with Crippen LogP contribution in [0.4, 0.5) is 0 Å². The van der Waals surface area contributed by atoms with Crippen LogP contribution in [-0.4, -0.2) is 17.9 Å². The highest BCUT2D eigenvalue weighted by Crippen LogP contribution is 2.38. The predicted octanol–water partition coefficient (Wildman–Crippen LogP) is 3.46. The Balaban J connectivity index is 1.88. The van der Waals surface area contributed by atoms with E-state index < -0.39 is 5.97 Å². The van der Waals surface area contributed by atoms with Crippen molar-refractivity contribution in [3.8, 4) is 17.2 Å². The molecule has 3 rings (SSSR count). The highest BCUT2D eigenvalue weighted by molar-refractivity contribution is 9.10. The van der Waals surface area contributed by atoms with E-state index in [1.165, 1.54) is 6.07 Å². The first-order valence-corrected chi connectivity index (χ1v) is 6.97. The molecule has 0 bridgehead atoms. The van der Waals surface area contributed by atoms with E-state index in [9.17, 15) is 9.90 Å². The van der Waals surface area contributed by atoms with Crippen LogP contribution in [0.15, 0.2) is 40.9 Å². The van der Waals surface area contributed by atoms with Crippen molar-refractivity contribution in [3.63, 3.8) is 0 Å². The van der Waals surface area contributed by atoms with Gasteiger partial charge < -0.3 is 19.3 Å². The van der Waals surface area contributed by atoms with E-state index in [1.807, 2.05) is 24.3 Å². The van der Waals surface area contributed by atoms with Crippen molar-refractivity contribution < 1.29 is 24.1 Å². The van der Waals surface area contributed by atoms with E-state index >= 15 is 0 Å². The molecule has 0 fully saturated rings. The summed E-state index contributed by atoms with van der Waals surface area (Å²) < 4.78 is 17.0. The fourth-order valence-electron chi connectivity index (χ4n) is 1.98. The Morgan fingerprint density at radius 2 is 1.95 bits per heavy atom. The van der Waals surface area contributed by atoms with Gasteiger partial charge in [-0.3, -0.25) is 0 Å². The maximum absolute atomic E-state index is 11.3. The van der Waals surface area contributed by atoms with Gasteiger partial charge in [0.25, 0.3) is 0 Å². The van der Waals surface area contributed by atoms with Gasteiger partial charge >= 0.3 is 5.97 Å². The predicted molar refractivity (Wildman–Crippen MR) is 78.0 cm³/mol. The SMILES string of the molecule is O=C(O)c1cc2c(cc1OCc1ccccc1Br)OCO2. The van der Waals surface area contributed by atoms with Gasteiger partial charge in [-0.25, -0.2) is 4.79 Å². The fraction of sp³-hybridized carbons (Fsp3) is 0.133. The van der Waals surface area contributed by atoms with Crippen molar-refractivity contribution in [2.24, 2.45) is 0 Å². The molecule has 0 spiro atoms. The molecule has 0 aliphatic carbocycles. The second-order valence-corrected chi connectivity index (χ2v) is 5.24. The third kappa shape index (κ3) is 2.80. The zero-order valence-electron chi connectivity index (χ0n) is 10.8. The summed E-state index contributed by atoms with van der Waals surface area (Å²) in [5, 5.41) is 9.26. The lowest BCUT2D eigenvalue weighted by molar-refractivity contribution is 0.0691. The van der Waals surface area contributed by atoms with Crippen molar-refractivity contribution in [3.05, 3.63) is 52.0 Å². The third-order valence-corrected chi connectivity index (χ3v) is 3.82. The van der Waals surface area contributed by atoms with Crippen LogP contribution in [0, 0.1) is 0 Å². The van der Waals surface area contributed by atoms with Crippen LogP contribution < -0.4 is 14.2 Å². The quantitative estimate of drug-likeness (QED) is 0.914. The van der Waals surface area contributed by atoms with E-state index in [0.29, 0.717) is 11.5 Å². The number of carboxylic acids is 1. The minimum atomic E-state index is -1.07. The molecule has 6 heteroatoms. The number of aromatic carboxylic acids is 1. The molecular formula is C15H11BrO5. The zero-order chi connectivity index (χ0) is 14.8.